The Kier molecular flexibility index (Phi) is 5.31. The first-order valence-corrected chi connectivity index (χ1v) is 8.18. The van der Waals surface area contributed by atoms with Crippen molar-refractivity contribution in [3.8, 4) is 0 Å². The molecule has 120 valence electrons. The zero-order valence-corrected chi connectivity index (χ0v) is 13.3. The van der Waals surface area contributed by atoms with Crippen molar-refractivity contribution >= 4 is 17.5 Å². The first-order valence-electron chi connectivity index (χ1n) is 7.81. The Morgan fingerprint density at radius 2 is 2.32 bits per heavy atom. The number of carbonyl (C=O) groups is 1. The minimum absolute atomic E-state index is 0.0458. The van der Waals surface area contributed by atoms with E-state index in [0.717, 1.165) is 38.3 Å². The molecule has 2 atom stereocenters. The van der Waals surface area contributed by atoms with E-state index in [-0.39, 0.29) is 18.0 Å². The van der Waals surface area contributed by atoms with Gasteiger partial charge in [0.15, 0.2) is 0 Å². The molecule has 22 heavy (non-hydrogen) atoms. The first kappa shape index (κ1) is 15.7. The molecular formula is C16H22ClN3O2. The van der Waals surface area contributed by atoms with E-state index in [1.807, 2.05) is 29.2 Å². The Balaban J connectivity index is 1.70. The normalized spacial score (nSPS) is 26.0. The van der Waals surface area contributed by atoms with Gasteiger partial charge in [0.1, 0.15) is 0 Å². The highest BCUT2D eigenvalue weighted by atomic mass is 35.5. The number of hydrogen-bond acceptors (Lipinski definition) is 4. The van der Waals surface area contributed by atoms with Gasteiger partial charge in [-0.3, -0.25) is 4.79 Å². The van der Waals surface area contributed by atoms with Crippen LogP contribution in [0.3, 0.4) is 0 Å². The van der Waals surface area contributed by atoms with Gasteiger partial charge in [0.05, 0.1) is 19.3 Å². The van der Waals surface area contributed by atoms with Crippen LogP contribution >= 0.6 is 11.6 Å². The van der Waals surface area contributed by atoms with Crippen LogP contribution in [0.15, 0.2) is 24.3 Å². The van der Waals surface area contributed by atoms with Crippen molar-refractivity contribution in [2.45, 2.75) is 18.5 Å². The fourth-order valence-electron chi connectivity index (χ4n) is 3.09. The molecule has 2 heterocycles. The Morgan fingerprint density at radius 3 is 3.09 bits per heavy atom. The van der Waals surface area contributed by atoms with Crippen molar-refractivity contribution in [1.29, 1.82) is 0 Å². The van der Waals surface area contributed by atoms with Crippen LogP contribution in [-0.2, 0) is 9.53 Å². The maximum absolute atomic E-state index is 12.7. The molecule has 2 unspecified atom stereocenters. The minimum atomic E-state index is 0.0458. The number of nitrogens with zero attached hydrogens (tertiary/aromatic N) is 1. The number of piperazine rings is 1. The zero-order valence-electron chi connectivity index (χ0n) is 12.6. The van der Waals surface area contributed by atoms with Gasteiger partial charge in [-0.2, -0.15) is 0 Å². The largest absolute Gasteiger partial charge is 0.378 e. The Hall–Kier alpha value is -1.14. The van der Waals surface area contributed by atoms with Crippen LogP contribution in [0.2, 0.25) is 5.02 Å². The van der Waals surface area contributed by atoms with E-state index in [2.05, 4.69) is 10.6 Å². The summed E-state index contributed by atoms with van der Waals surface area (Å²) < 4.78 is 5.43. The molecule has 1 aromatic rings. The summed E-state index contributed by atoms with van der Waals surface area (Å²) in [5, 5.41) is 7.41. The van der Waals surface area contributed by atoms with E-state index in [9.17, 15) is 4.79 Å². The van der Waals surface area contributed by atoms with Gasteiger partial charge in [0.2, 0.25) is 5.91 Å². The lowest BCUT2D eigenvalue weighted by Gasteiger charge is -2.37. The van der Waals surface area contributed by atoms with Crippen molar-refractivity contribution in [1.82, 2.24) is 15.5 Å². The lowest BCUT2D eigenvalue weighted by molar-refractivity contribution is -0.135. The van der Waals surface area contributed by atoms with Gasteiger partial charge >= 0.3 is 0 Å². The van der Waals surface area contributed by atoms with Gasteiger partial charge in [0.25, 0.3) is 0 Å². The molecule has 0 aliphatic carbocycles. The minimum Gasteiger partial charge on any atom is -0.378 e. The van der Waals surface area contributed by atoms with E-state index in [4.69, 9.17) is 16.3 Å². The van der Waals surface area contributed by atoms with Crippen molar-refractivity contribution in [3.63, 3.8) is 0 Å². The average Bonchev–Trinajstić information content (AvgIpc) is 2.56. The van der Waals surface area contributed by atoms with Gasteiger partial charge in [-0.25, -0.2) is 0 Å². The first-order chi connectivity index (χ1) is 10.7. The highest BCUT2D eigenvalue weighted by Gasteiger charge is 2.29. The summed E-state index contributed by atoms with van der Waals surface area (Å²) in [6.07, 6.45) is 0.483. The number of rotatable bonds is 3. The van der Waals surface area contributed by atoms with Crippen molar-refractivity contribution < 1.29 is 9.53 Å². The van der Waals surface area contributed by atoms with Crippen LogP contribution in [0.4, 0.5) is 0 Å². The van der Waals surface area contributed by atoms with Crippen LogP contribution in [0.5, 0.6) is 0 Å². The number of carbonyl (C=O) groups excluding carboxylic acids is 1. The molecule has 2 saturated heterocycles. The molecule has 2 N–H and O–H groups in total. The predicted octanol–water partition coefficient (Wildman–Crippen LogP) is 1.19. The molecule has 0 aromatic heterocycles. The molecule has 0 radical (unpaired) electrons. The molecular weight excluding hydrogens is 302 g/mol. The third-order valence-electron chi connectivity index (χ3n) is 4.22. The molecule has 1 amide bonds. The summed E-state index contributed by atoms with van der Waals surface area (Å²) in [7, 11) is 0. The fourth-order valence-corrected chi connectivity index (χ4v) is 3.29. The monoisotopic (exact) mass is 323 g/mol. The van der Waals surface area contributed by atoms with Crippen molar-refractivity contribution in [2.24, 2.45) is 0 Å². The molecule has 2 aliphatic rings. The third kappa shape index (κ3) is 3.79. The second-order valence-electron chi connectivity index (χ2n) is 5.79. The number of nitrogens with one attached hydrogen (secondary N) is 2. The lowest BCUT2D eigenvalue weighted by Crippen LogP contribution is -2.51. The van der Waals surface area contributed by atoms with E-state index in [0.29, 0.717) is 18.1 Å². The smallest absolute Gasteiger partial charge is 0.224 e. The number of amides is 1. The van der Waals surface area contributed by atoms with E-state index in [1.54, 1.807) is 0 Å². The molecule has 6 heteroatoms. The van der Waals surface area contributed by atoms with Gasteiger partial charge in [-0.1, -0.05) is 23.7 Å². The lowest BCUT2D eigenvalue weighted by atomic mass is 10.0. The van der Waals surface area contributed by atoms with Gasteiger partial charge in [-0.15, -0.1) is 0 Å². The van der Waals surface area contributed by atoms with Crippen LogP contribution in [0, 0.1) is 0 Å². The predicted molar refractivity (Wildman–Crippen MR) is 86.0 cm³/mol. The number of hydrogen-bond donors (Lipinski definition) is 2. The molecule has 0 bridgehead atoms. The Bertz CT molecular complexity index is 520. The molecule has 2 aliphatic heterocycles. The number of halogens is 1. The maximum Gasteiger partial charge on any atom is 0.224 e. The second-order valence-corrected chi connectivity index (χ2v) is 6.23. The molecule has 0 spiro atoms. The summed E-state index contributed by atoms with van der Waals surface area (Å²) in [6.45, 7) is 4.47. The van der Waals surface area contributed by atoms with Crippen LogP contribution in [0.25, 0.3) is 0 Å². The van der Waals surface area contributed by atoms with E-state index >= 15 is 0 Å². The van der Waals surface area contributed by atoms with Crippen LogP contribution in [0.1, 0.15) is 18.0 Å². The number of benzene rings is 1. The Labute approximate surface area is 136 Å². The van der Waals surface area contributed by atoms with Gasteiger partial charge in [0, 0.05) is 43.7 Å². The van der Waals surface area contributed by atoms with Crippen LogP contribution in [-0.4, -0.2) is 56.2 Å². The van der Waals surface area contributed by atoms with Crippen molar-refractivity contribution in [2.75, 3.05) is 39.4 Å². The van der Waals surface area contributed by atoms with Gasteiger partial charge < -0.3 is 20.3 Å². The molecule has 2 fully saturated rings. The third-order valence-corrected chi connectivity index (χ3v) is 4.45. The molecule has 0 saturated carbocycles. The summed E-state index contributed by atoms with van der Waals surface area (Å²) in [5.74, 6) is 0.175. The topological polar surface area (TPSA) is 53.6 Å². The summed E-state index contributed by atoms with van der Waals surface area (Å²) >= 11 is 6.10. The second kappa shape index (κ2) is 7.42. The highest BCUT2D eigenvalue weighted by molar-refractivity contribution is 6.30. The molecule has 3 rings (SSSR count). The summed E-state index contributed by atoms with van der Waals surface area (Å²) in [6, 6.07) is 7.94. The summed E-state index contributed by atoms with van der Waals surface area (Å²) in [5.41, 5.74) is 1.08. The zero-order chi connectivity index (χ0) is 15.4. The average molecular weight is 324 g/mol. The number of ether oxygens (including phenoxy) is 1. The molecule has 1 aromatic carbocycles. The number of morpholine rings is 1. The highest BCUT2D eigenvalue weighted by Crippen LogP contribution is 2.25. The Morgan fingerprint density at radius 1 is 1.41 bits per heavy atom. The standard InChI is InChI=1S/C16H22ClN3O2/c17-13-3-1-2-12(8-13)15-10-18-4-6-20(15)16(21)9-14-11-22-7-5-19-14/h1-3,8,14-15,18-19H,4-7,9-11H2. The summed E-state index contributed by atoms with van der Waals surface area (Å²) in [4.78, 5) is 14.7. The van der Waals surface area contributed by atoms with Crippen molar-refractivity contribution in [3.05, 3.63) is 34.9 Å². The van der Waals surface area contributed by atoms with Gasteiger partial charge in [-0.05, 0) is 17.7 Å². The maximum atomic E-state index is 12.7. The van der Waals surface area contributed by atoms with E-state index in [1.165, 1.54) is 0 Å². The molecule has 5 nitrogen and oxygen atoms in total. The van der Waals surface area contributed by atoms with E-state index < -0.39 is 0 Å². The quantitative estimate of drug-likeness (QED) is 0.877. The SMILES string of the molecule is O=C(CC1COCCN1)N1CCNCC1c1cccc(Cl)c1. The fraction of sp³-hybridized carbons (Fsp3) is 0.562. The van der Waals surface area contributed by atoms with Crippen LogP contribution < -0.4 is 10.6 Å².